The molecule has 1 amide bonds. The van der Waals surface area contributed by atoms with Crippen LogP contribution in [0.3, 0.4) is 0 Å². The first-order chi connectivity index (χ1) is 10.2. The first-order valence-electron chi connectivity index (χ1n) is 7.59. The summed E-state index contributed by atoms with van der Waals surface area (Å²) in [5, 5.41) is 1.21. The molecule has 0 spiro atoms. The Labute approximate surface area is 124 Å². The number of hydrogen-bond donors (Lipinski definition) is 0. The molecule has 2 aromatic carbocycles. The van der Waals surface area contributed by atoms with E-state index in [1.807, 2.05) is 19.2 Å². The van der Waals surface area contributed by atoms with Gasteiger partial charge in [0.15, 0.2) is 0 Å². The van der Waals surface area contributed by atoms with Crippen LogP contribution in [0.4, 0.5) is 4.39 Å². The monoisotopic (exact) mass is 285 g/mol. The number of rotatable bonds is 3. The van der Waals surface area contributed by atoms with Crippen LogP contribution < -0.4 is 0 Å². The highest BCUT2D eigenvalue weighted by molar-refractivity contribution is 6.07. The quantitative estimate of drug-likeness (QED) is 0.826. The van der Waals surface area contributed by atoms with Gasteiger partial charge in [0.25, 0.3) is 5.91 Å². The van der Waals surface area contributed by atoms with Crippen LogP contribution in [0, 0.1) is 11.7 Å². The summed E-state index contributed by atoms with van der Waals surface area (Å²) >= 11 is 0. The van der Waals surface area contributed by atoms with Crippen LogP contribution in [-0.2, 0) is 0 Å². The maximum absolute atomic E-state index is 13.8. The Kier molecular flexibility index (Phi) is 3.91. The minimum absolute atomic E-state index is 0.0156. The van der Waals surface area contributed by atoms with Gasteiger partial charge in [-0.3, -0.25) is 4.79 Å². The highest BCUT2D eigenvalue weighted by Crippen LogP contribution is 2.27. The number of amides is 1. The molecule has 0 aliphatic heterocycles. The van der Waals surface area contributed by atoms with E-state index in [4.69, 9.17) is 0 Å². The van der Waals surface area contributed by atoms with Gasteiger partial charge in [0.2, 0.25) is 0 Å². The van der Waals surface area contributed by atoms with Crippen LogP contribution in [0.1, 0.15) is 36.0 Å². The van der Waals surface area contributed by atoms with E-state index in [0.717, 1.165) is 6.54 Å². The average molecular weight is 285 g/mol. The molecular formula is C18H20FNO. The fourth-order valence-corrected chi connectivity index (χ4v) is 3.32. The molecule has 110 valence electrons. The lowest BCUT2D eigenvalue weighted by molar-refractivity contribution is 0.0775. The second-order valence-corrected chi connectivity index (χ2v) is 5.98. The van der Waals surface area contributed by atoms with Crippen molar-refractivity contribution in [1.82, 2.24) is 4.90 Å². The molecule has 0 radical (unpaired) electrons. The third-order valence-corrected chi connectivity index (χ3v) is 4.45. The van der Waals surface area contributed by atoms with Crippen molar-refractivity contribution in [1.29, 1.82) is 0 Å². The van der Waals surface area contributed by atoms with Crippen molar-refractivity contribution in [2.24, 2.45) is 5.92 Å². The standard InChI is InChI=1S/C18H20FNO/c1-20(12-13-6-2-3-7-13)18(21)16-10-11-17(19)15-9-5-4-8-14(15)16/h4-5,8-11,13H,2-3,6-7,12H2,1H3. The fraction of sp³-hybridized carbons (Fsp3) is 0.389. The Bertz CT molecular complexity index is 661. The minimum atomic E-state index is -0.277. The van der Waals surface area contributed by atoms with Crippen molar-refractivity contribution < 1.29 is 9.18 Å². The normalized spacial score (nSPS) is 15.5. The van der Waals surface area contributed by atoms with Crippen molar-refractivity contribution in [3.8, 4) is 0 Å². The Morgan fingerprint density at radius 1 is 1.14 bits per heavy atom. The summed E-state index contributed by atoms with van der Waals surface area (Å²) in [6.07, 6.45) is 4.96. The van der Waals surface area contributed by atoms with E-state index in [0.29, 0.717) is 22.3 Å². The molecule has 0 N–H and O–H groups in total. The molecule has 0 atom stereocenters. The molecule has 1 saturated carbocycles. The van der Waals surface area contributed by atoms with Crippen LogP contribution in [0.2, 0.25) is 0 Å². The molecule has 3 heteroatoms. The Balaban J connectivity index is 1.88. The van der Waals surface area contributed by atoms with E-state index in [1.54, 1.807) is 23.1 Å². The Morgan fingerprint density at radius 3 is 2.52 bits per heavy atom. The first-order valence-corrected chi connectivity index (χ1v) is 7.59. The minimum Gasteiger partial charge on any atom is -0.341 e. The third-order valence-electron chi connectivity index (χ3n) is 4.45. The summed E-state index contributed by atoms with van der Waals surface area (Å²) in [6.45, 7) is 0.796. The second kappa shape index (κ2) is 5.84. The number of carbonyl (C=O) groups is 1. The highest BCUT2D eigenvalue weighted by Gasteiger charge is 2.21. The van der Waals surface area contributed by atoms with Gasteiger partial charge in [-0.1, -0.05) is 37.1 Å². The zero-order chi connectivity index (χ0) is 14.8. The molecule has 0 heterocycles. The van der Waals surface area contributed by atoms with Gasteiger partial charge < -0.3 is 4.90 Å². The van der Waals surface area contributed by atoms with Crippen LogP contribution >= 0.6 is 0 Å². The number of benzene rings is 2. The number of fused-ring (bicyclic) bond motifs is 1. The van der Waals surface area contributed by atoms with Crippen LogP contribution in [-0.4, -0.2) is 24.4 Å². The van der Waals surface area contributed by atoms with Crippen LogP contribution in [0.25, 0.3) is 10.8 Å². The maximum atomic E-state index is 13.8. The number of halogens is 1. The summed E-state index contributed by atoms with van der Waals surface area (Å²) in [7, 11) is 1.85. The molecular weight excluding hydrogens is 265 g/mol. The van der Waals surface area contributed by atoms with E-state index < -0.39 is 0 Å². The smallest absolute Gasteiger partial charge is 0.254 e. The third kappa shape index (κ3) is 2.78. The first kappa shape index (κ1) is 14.1. The van der Waals surface area contributed by atoms with E-state index in [2.05, 4.69) is 0 Å². The van der Waals surface area contributed by atoms with Gasteiger partial charge in [0, 0.05) is 24.5 Å². The predicted octanol–water partition coefficient (Wildman–Crippen LogP) is 4.24. The van der Waals surface area contributed by atoms with Crippen molar-refractivity contribution >= 4 is 16.7 Å². The van der Waals surface area contributed by atoms with Crippen LogP contribution in [0.5, 0.6) is 0 Å². The van der Waals surface area contributed by atoms with Gasteiger partial charge in [-0.15, -0.1) is 0 Å². The molecule has 1 fully saturated rings. The molecule has 2 aromatic rings. The molecule has 3 rings (SSSR count). The fourth-order valence-electron chi connectivity index (χ4n) is 3.32. The van der Waals surface area contributed by atoms with E-state index >= 15 is 0 Å². The molecule has 0 bridgehead atoms. The van der Waals surface area contributed by atoms with Gasteiger partial charge in [0.1, 0.15) is 5.82 Å². The van der Waals surface area contributed by atoms with Gasteiger partial charge in [-0.05, 0) is 36.3 Å². The molecule has 2 nitrogen and oxygen atoms in total. The summed E-state index contributed by atoms with van der Waals surface area (Å²) in [5.41, 5.74) is 0.590. The highest BCUT2D eigenvalue weighted by atomic mass is 19.1. The van der Waals surface area contributed by atoms with E-state index in [1.165, 1.54) is 31.7 Å². The molecule has 0 aromatic heterocycles. The van der Waals surface area contributed by atoms with Gasteiger partial charge in [-0.2, -0.15) is 0 Å². The summed E-state index contributed by atoms with van der Waals surface area (Å²) in [4.78, 5) is 14.4. The Morgan fingerprint density at radius 2 is 1.81 bits per heavy atom. The maximum Gasteiger partial charge on any atom is 0.254 e. The number of nitrogens with zero attached hydrogens (tertiary/aromatic N) is 1. The van der Waals surface area contributed by atoms with Gasteiger partial charge in [0.05, 0.1) is 0 Å². The number of carbonyl (C=O) groups excluding carboxylic acids is 1. The van der Waals surface area contributed by atoms with E-state index in [9.17, 15) is 9.18 Å². The van der Waals surface area contributed by atoms with E-state index in [-0.39, 0.29) is 11.7 Å². The number of hydrogen-bond acceptors (Lipinski definition) is 1. The molecule has 21 heavy (non-hydrogen) atoms. The lowest BCUT2D eigenvalue weighted by Crippen LogP contribution is -2.31. The summed E-state index contributed by atoms with van der Waals surface area (Å²) < 4.78 is 13.8. The van der Waals surface area contributed by atoms with Gasteiger partial charge >= 0.3 is 0 Å². The molecule has 0 unspecified atom stereocenters. The molecule has 1 aliphatic rings. The van der Waals surface area contributed by atoms with Crippen molar-refractivity contribution in [2.75, 3.05) is 13.6 Å². The summed E-state index contributed by atoms with van der Waals surface area (Å²) in [6, 6.07) is 10.2. The lowest BCUT2D eigenvalue weighted by Gasteiger charge is -2.22. The largest absolute Gasteiger partial charge is 0.341 e. The average Bonchev–Trinajstić information content (AvgIpc) is 3.00. The zero-order valence-electron chi connectivity index (χ0n) is 12.3. The molecule has 0 saturated heterocycles. The zero-order valence-corrected chi connectivity index (χ0v) is 12.3. The van der Waals surface area contributed by atoms with Crippen molar-refractivity contribution in [3.63, 3.8) is 0 Å². The van der Waals surface area contributed by atoms with Crippen LogP contribution in [0.15, 0.2) is 36.4 Å². The SMILES string of the molecule is CN(CC1CCCC1)C(=O)c1ccc(F)c2ccccc12. The Hall–Kier alpha value is -1.90. The lowest BCUT2D eigenvalue weighted by atomic mass is 10.0. The van der Waals surface area contributed by atoms with Crippen molar-refractivity contribution in [2.45, 2.75) is 25.7 Å². The van der Waals surface area contributed by atoms with Crippen molar-refractivity contribution in [3.05, 3.63) is 47.8 Å². The van der Waals surface area contributed by atoms with Gasteiger partial charge in [-0.25, -0.2) is 4.39 Å². The topological polar surface area (TPSA) is 20.3 Å². The second-order valence-electron chi connectivity index (χ2n) is 5.98. The molecule has 1 aliphatic carbocycles. The predicted molar refractivity (Wildman–Crippen MR) is 82.8 cm³/mol. The summed E-state index contributed by atoms with van der Waals surface area (Å²) in [5.74, 6) is 0.323.